The molecule has 0 saturated heterocycles. The monoisotopic (exact) mass is 403 g/mol. The number of hydrogen-bond donors (Lipinski definition) is 3. The highest BCUT2D eigenvalue weighted by Crippen LogP contribution is 2.30. The van der Waals surface area contributed by atoms with Crippen LogP contribution in [0.5, 0.6) is 0 Å². The van der Waals surface area contributed by atoms with Crippen molar-refractivity contribution in [3.8, 4) is 0 Å². The van der Waals surface area contributed by atoms with E-state index in [-0.39, 0.29) is 12.3 Å². The Morgan fingerprint density at radius 2 is 1.70 bits per heavy atom. The number of amides is 1. The summed E-state index contributed by atoms with van der Waals surface area (Å²) >= 11 is 0. The molecule has 0 spiro atoms. The van der Waals surface area contributed by atoms with Crippen LogP contribution in [-0.2, 0) is 4.79 Å². The van der Waals surface area contributed by atoms with Gasteiger partial charge in [-0.2, -0.15) is 0 Å². The lowest BCUT2D eigenvalue weighted by Crippen LogP contribution is -2.31. The van der Waals surface area contributed by atoms with Gasteiger partial charge in [-0.15, -0.1) is 0 Å². The van der Waals surface area contributed by atoms with Crippen LogP contribution in [0.1, 0.15) is 22.3 Å². The molecule has 0 fully saturated rings. The molecule has 3 aromatic carbocycles. The maximum absolute atomic E-state index is 13.0. The zero-order valence-corrected chi connectivity index (χ0v) is 15.8. The van der Waals surface area contributed by atoms with Gasteiger partial charge in [0.15, 0.2) is 0 Å². The van der Waals surface area contributed by atoms with E-state index in [1.54, 1.807) is 30.3 Å². The first-order chi connectivity index (χ1) is 14.5. The molecule has 1 amide bonds. The minimum absolute atomic E-state index is 0.214. The Morgan fingerprint density at radius 3 is 2.40 bits per heavy atom. The molecule has 1 atom stereocenters. The number of anilines is 2. The highest BCUT2D eigenvalue weighted by molar-refractivity contribution is 6.07. The summed E-state index contributed by atoms with van der Waals surface area (Å²) in [6.45, 7) is 0. The van der Waals surface area contributed by atoms with E-state index in [1.165, 1.54) is 24.3 Å². The molecule has 3 aromatic rings. The molecule has 0 saturated carbocycles. The highest BCUT2D eigenvalue weighted by Gasteiger charge is 2.24. The second kappa shape index (κ2) is 8.16. The molecule has 1 aliphatic heterocycles. The van der Waals surface area contributed by atoms with E-state index in [1.807, 2.05) is 18.2 Å². The summed E-state index contributed by atoms with van der Waals surface area (Å²) in [6, 6.07) is 18.8. The van der Waals surface area contributed by atoms with Crippen LogP contribution in [0.25, 0.3) is 0 Å². The molecule has 0 aliphatic carbocycles. The number of hydrogen-bond acceptors (Lipinski definition) is 4. The summed E-state index contributed by atoms with van der Waals surface area (Å²) in [6.07, 6.45) is 0.214. The Balaban J connectivity index is 1.57. The second-order valence-electron chi connectivity index (χ2n) is 6.85. The highest BCUT2D eigenvalue weighted by atomic mass is 19.1. The predicted octanol–water partition coefficient (Wildman–Crippen LogP) is 4.47. The van der Waals surface area contributed by atoms with E-state index >= 15 is 0 Å². The van der Waals surface area contributed by atoms with Gasteiger partial charge >= 0.3 is 5.97 Å². The Hall–Kier alpha value is -4.00. The van der Waals surface area contributed by atoms with E-state index in [0.29, 0.717) is 28.3 Å². The van der Waals surface area contributed by atoms with Crippen molar-refractivity contribution < 1.29 is 19.1 Å². The number of aliphatic imine (C=N–C) groups is 1. The lowest BCUT2D eigenvalue weighted by atomic mass is 10.0. The number of benzene rings is 3. The van der Waals surface area contributed by atoms with E-state index in [4.69, 9.17) is 0 Å². The smallest absolute Gasteiger partial charge is 0.326 e. The molecule has 7 heteroatoms. The molecule has 1 aliphatic rings. The van der Waals surface area contributed by atoms with Gasteiger partial charge in [0, 0.05) is 17.7 Å². The fraction of sp³-hybridized carbons (Fsp3) is 0.0870. The van der Waals surface area contributed by atoms with Crippen LogP contribution in [0.4, 0.5) is 21.5 Å². The molecular formula is C23H18FN3O3. The molecule has 6 nitrogen and oxygen atoms in total. The maximum atomic E-state index is 13.0. The van der Waals surface area contributed by atoms with Crippen LogP contribution in [-0.4, -0.2) is 28.7 Å². The average Bonchev–Trinajstić information content (AvgIpc) is 2.95. The van der Waals surface area contributed by atoms with E-state index in [9.17, 15) is 19.1 Å². The van der Waals surface area contributed by atoms with Crippen molar-refractivity contribution in [3.63, 3.8) is 0 Å². The quantitative estimate of drug-likeness (QED) is 0.600. The van der Waals surface area contributed by atoms with E-state index in [2.05, 4.69) is 15.6 Å². The second-order valence-corrected chi connectivity index (χ2v) is 6.85. The molecule has 30 heavy (non-hydrogen) atoms. The molecule has 150 valence electrons. The van der Waals surface area contributed by atoms with Crippen molar-refractivity contribution in [1.82, 2.24) is 0 Å². The largest absolute Gasteiger partial charge is 0.480 e. The number of halogens is 1. The first-order valence-electron chi connectivity index (χ1n) is 9.33. The summed E-state index contributed by atoms with van der Waals surface area (Å²) in [4.78, 5) is 28.6. The number of carboxylic acids is 1. The number of carbonyl (C=O) groups excluding carboxylic acids is 1. The number of carbonyl (C=O) groups is 2. The van der Waals surface area contributed by atoms with Crippen molar-refractivity contribution >= 4 is 34.7 Å². The van der Waals surface area contributed by atoms with Gasteiger partial charge in [-0.25, -0.2) is 9.18 Å². The molecule has 0 radical (unpaired) electrons. The summed E-state index contributed by atoms with van der Waals surface area (Å²) in [5, 5.41) is 15.3. The van der Waals surface area contributed by atoms with Crippen LogP contribution in [0.2, 0.25) is 0 Å². The normalized spacial score (nSPS) is 15.2. The molecule has 0 aromatic heterocycles. The Labute approximate surface area is 172 Å². The fourth-order valence-corrected chi connectivity index (χ4v) is 3.20. The molecular weight excluding hydrogens is 385 g/mol. The zero-order chi connectivity index (χ0) is 21.1. The molecule has 4 rings (SSSR count). The van der Waals surface area contributed by atoms with Crippen LogP contribution in [0, 0.1) is 5.82 Å². The summed E-state index contributed by atoms with van der Waals surface area (Å²) in [7, 11) is 0. The Morgan fingerprint density at radius 1 is 1.00 bits per heavy atom. The van der Waals surface area contributed by atoms with Crippen molar-refractivity contribution in [1.29, 1.82) is 0 Å². The van der Waals surface area contributed by atoms with Gasteiger partial charge in [-0.1, -0.05) is 24.3 Å². The number of nitrogens with one attached hydrogen (secondary N) is 2. The first-order valence-corrected chi connectivity index (χ1v) is 9.33. The van der Waals surface area contributed by atoms with Gasteiger partial charge in [0.05, 0.1) is 17.1 Å². The number of aliphatic carboxylic acids is 1. The third-order valence-electron chi connectivity index (χ3n) is 4.77. The lowest BCUT2D eigenvalue weighted by Gasteiger charge is -2.14. The molecule has 3 N–H and O–H groups in total. The number of carboxylic acid groups (broad SMARTS) is 1. The minimum atomic E-state index is -0.956. The summed E-state index contributed by atoms with van der Waals surface area (Å²) in [5.41, 5.74) is 3.65. The Kier molecular flexibility index (Phi) is 5.26. The summed E-state index contributed by atoms with van der Waals surface area (Å²) < 4.78 is 13.0. The lowest BCUT2D eigenvalue weighted by molar-refractivity contribution is -0.137. The van der Waals surface area contributed by atoms with Crippen molar-refractivity contribution in [3.05, 3.63) is 89.7 Å². The van der Waals surface area contributed by atoms with Crippen molar-refractivity contribution in [2.45, 2.75) is 12.5 Å². The van der Waals surface area contributed by atoms with Crippen molar-refractivity contribution in [2.75, 3.05) is 10.6 Å². The average molecular weight is 403 g/mol. The van der Waals surface area contributed by atoms with Gasteiger partial charge in [-0.3, -0.25) is 9.79 Å². The van der Waals surface area contributed by atoms with Gasteiger partial charge < -0.3 is 15.7 Å². The number of fused-ring (bicyclic) bond motifs is 1. The minimum Gasteiger partial charge on any atom is -0.480 e. The number of para-hydroxylation sites is 2. The van der Waals surface area contributed by atoms with Gasteiger partial charge in [0.2, 0.25) is 0 Å². The predicted molar refractivity (Wildman–Crippen MR) is 113 cm³/mol. The zero-order valence-electron chi connectivity index (χ0n) is 15.8. The third kappa shape index (κ3) is 4.20. The van der Waals surface area contributed by atoms with E-state index < -0.39 is 17.8 Å². The molecule has 1 heterocycles. The van der Waals surface area contributed by atoms with Crippen molar-refractivity contribution in [2.24, 2.45) is 4.99 Å². The van der Waals surface area contributed by atoms with Crippen LogP contribution in [0.3, 0.4) is 0 Å². The standard InChI is InChI=1S/C23H18FN3O3/c24-16-9-5-15(6-10-16)22(28)25-17-11-7-14(8-12-17)20-13-21(23(29)30)27-19-4-2-1-3-18(19)26-20/h1-12,21,27H,13H2,(H,25,28)(H,29,30). The van der Waals surface area contributed by atoms with Crippen LogP contribution < -0.4 is 10.6 Å². The van der Waals surface area contributed by atoms with Crippen LogP contribution in [0.15, 0.2) is 77.8 Å². The van der Waals surface area contributed by atoms with Gasteiger partial charge in [0.1, 0.15) is 11.9 Å². The van der Waals surface area contributed by atoms with Crippen LogP contribution >= 0.6 is 0 Å². The third-order valence-corrected chi connectivity index (χ3v) is 4.77. The fourth-order valence-electron chi connectivity index (χ4n) is 3.20. The molecule has 1 unspecified atom stereocenters. The SMILES string of the molecule is O=C(Nc1ccc(C2=Nc3ccccc3NC(C(=O)O)C2)cc1)c1ccc(F)cc1. The Bertz CT molecular complexity index is 1130. The number of rotatable bonds is 4. The first kappa shape index (κ1) is 19.3. The van der Waals surface area contributed by atoms with Gasteiger partial charge in [0.25, 0.3) is 5.91 Å². The topological polar surface area (TPSA) is 90.8 Å². The van der Waals surface area contributed by atoms with Gasteiger partial charge in [-0.05, 0) is 54.1 Å². The number of nitrogens with zero attached hydrogens (tertiary/aromatic N) is 1. The van der Waals surface area contributed by atoms with E-state index in [0.717, 1.165) is 5.56 Å². The maximum Gasteiger partial charge on any atom is 0.326 e. The summed E-state index contributed by atoms with van der Waals surface area (Å²) in [5.74, 6) is -1.71. The molecule has 0 bridgehead atoms.